The van der Waals surface area contributed by atoms with Gasteiger partial charge in [-0.2, -0.15) is 5.10 Å². The third kappa shape index (κ3) is 5.99. The molecule has 2 aliphatic rings. The number of likely N-dealkylation sites (tertiary alicyclic amines) is 1. The first kappa shape index (κ1) is 22.1. The Balaban J connectivity index is 1.23. The van der Waals surface area contributed by atoms with E-state index in [1.54, 1.807) is 6.20 Å². The van der Waals surface area contributed by atoms with E-state index in [0.717, 1.165) is 44.5 Å². The predicted octanol–water partition coefficient (Wildman–Crippen LogP) is 4.34. The summed E-state index contributed by atoms with van der Waals surface area (Å²) in [7, 11) is 0. The Bertz CT molecular complexity index is 930. The van der Waals surface area contributed by atoms with Gasteiger partial charge in [0.1, 0.15) is 11.6 Å². The molecule has 1 saturated heterocycles. The van der Waals surface area contributed by atoms with Crippen molar-refractivity contribution in [2.24, 2.45) is 0 Å². The van der Waals surface area contributed by atoms with Crippen molar-refractivity contribution < 1.29 is 14.3 Å². The SMILES string of the molecule is O=C(CCOc1ccccc1)Nc1ccnn1C1CCN(C(=O)CC2=CCCCC2)CC1. The lowest BCUT2D eigenvalue weighted by atomic mass is 9.96. The average Bonchev–Trinajstić information content (AvgIpc) is 3.28. The monoisotopic (exact) mass is 436 g/mol. The topological polar surface area (TPSA) is 76.5 Å². The minimum Gasteiger partial charge on any atom is -0.493 e. The quantitative estimate of drug-likeness (QED) is 0.625. The van der Waals surface area contributed by atoms with Crippen LogP contribution in [0.15, 0.2) is 54.2 Å². The van der Waals surface area contributed by atoms with E-state index in [9.17, 15) is 9.59 Å². The zero-order valence-electron chi connectivity index (χ0n) is 18.5. The van der Waals surface area contributed by atoms with E-state index in [0.29, 0.717) is 18.8 Å². The highest BCUT2D eigenvalue weighted by Gasteiger charge is 2.26. The van der Waals surface area contributed by atoms with Gasteiger partial charge in [0.2, 0.25) is 11.8 Å². The zero-order valence-corrected chi connectivity index (χ0v) is 18.5. The Morgan fingerprint density at radius 1 is 1.09 bits per heavy atom. The molecule has 170 valence electrons. The number of anilines is 1. The maximum Gasteiger partial charge on any atom is 0.228 e. The Kier molecular flexibility index (Phi) is 7.59. The second-order valence-corrected chi connectivity index (χ2v) is 8.52. The smallest absolute Gasteiger partial charge is 0.228 e. The highest BCUT2D eigenvalue weighted by Crippen LogP contribution is 2.27. The summed E-state index contributed by atoms with van der Waals surface area (Å²) < 4.78 is 7.50. The molecule has 7 nitrogen and oxygen atoms in total. The van der Waals surface area contributed by atoms with Crippen LogP contribution in [0.2, 0.25) is 0 Å². The molecule has 0 unspecified atom stereocenters. The normalized spacial score (nSPS) is 17.0. The standard InChI is InChI=1S/C25H32N4O3/c30-24(14-18-32-22-9-5-2-6-10-22)27-23-11-15-26-29(23)21-12-16-28(17-13-21)25(31)19-20-7-3-1-4-8-20/h2,5-7,9-11,15,21H,1,3-4,8,12-14,16-19H2,(H,27,30). The molecule has 1 aromatic carbocycles. The van der Waals surface area contributed by atoms with Crippen molar-refractivity contribution in [3.63, 3.8) is 0 Å². The molecule has 2 amide bonds. The number of benzene rings is 1. The van der Waals surface area contributed by atoms with Gasteiger partial charge >= 0.3 is 0 Å². The second-order valence-electron chi connectivity index (χ2n) is 8.52. The minimum atomic E-state index is -0.101. The lowest BCUT2D eigenvalue weighted by molar-refractivity contribution is -0.131. The number of hydrogen-bond donors (Lipinski definition) is 1. The van der Waals surface area contributed by atoms with Crippen LogP contribution < -0.4 is 10.1 Å². The van der Waals surface area contributed by atoms with Crippen LogP contribution in [0, 0.1) is 0 Å². The molecule has 0 spiro atoms. The highest BCUT2D eigenvalue weighted by molar-refractivity contribution is 5.89. The molecule has 0 radical (unpaired) electrons. The third-order valence-electron chi connectivity index (χ3n) is 6.21. The lowest BCUT2D eigenvalue weighted by Gasteiger charge is -2.33. The summed E-state index contributed by atoms with van der Waals surface area (Å²) in [5.74, 6) is 1.60. The van der Waals surface area contributed by atoms with Crippen LogP contribution in [0.5, 0.6) is 5.75 Å². The number of amides is 2. The van der Waals surface area contributed by atoms with Gasteiger partial charge in [-0.15, -0.1) is 0 Å². The molecule has 1 aliphatic heterocycles. The fourth-order valence-corrected chi connectivity index (χ4v) is 4.42. The number of hydrogen-bond acceptors (Lipinski definition) is 4. The Labute approximate surface area is 189 Å². The van der Waals surface area contributed by atoms with E-state index in [-0.39, 0.29) is 24.3 Å². The first-order valence-corrected chi connectivity index (χ1v) is 11.7. The van der Waals surface area contributed by atoms with Gasteiger partial charge in [-0.1, -0.05) is 29.8 Å². The summed E-state index contributed by atoms with van der Waals surface area (Å²) in [6.45, 7) is 1.78. The van der Waals surface area contributed by atoms with Crippen molar-refractivity contribution in [3.05, 3.63) is 54.2 Å². The summed E-state index contributed by atoms with van der Waals surface area (Å²) in [5, 5.41) is 7.40. The molecule has 4 rings (SSSR count). The number of rotatable bonds is 8. The molecule has 1 aliphatic carbocycles. The van der Waals surface area contributed by atoms with Crippen LogP contribution in [-0.4, -0.2) is 46.2 Å². The molecule has 32 heavy (non-hydrogen) atoms. The number of aromatic nitrogens is 2. The Morgan fingerprint density at radius 2 is 1.91 bits per heavy atom. The summed E-state index contributed by atoms with van der Waals surface area (Å²) in [6.07, 6.45) is 11.1. The van der Waals surface area contributed by atoms with E-state index >= 15 is 0 Å². The van der Waals surface area contributed by atoms with Crippen molar-refractivity contribution in [2.45, 2.75) is 57.4 Å². The lowest BCUT2D eigenvalue weighted by Crippen LogP contribution is -2.39. The van der Waals surface area contributed by atoms with Gasteiger partial charge in [-0.25, -0.2) is 4.68 Å². The van der Waals surface area contributed by atoms with Crippen LogP contribution >= 0.6 is 0 Å². The van der Waals surface area contributed by atoms with E-state index < -0.39 is 0 Å². The van der Waals surface area contributed by atoms with E-state index in [1.165, 1.54) is 18.4 Å². The third-order valence-corrected chi connectivity index (χ3v) is 6.21. The van der Waals surface area contributed by atoms with Crippen LogP contribution in [0.25, 0.3) is 0 Å². The van der Waals surface area contributed by atoms with Crippen LogP contribution in [0.3, 0.4) is 0 Å². The van der Waals surface area contributed by atoms with E-state index in [4.69, 9.17) is 4.74 Å². The van der Waals surface area contributed by atoms with Gasteiger partial charge in [0.25, 0.3) is 0 Å². The number of ether oxygens (including phenoxy) is 1. The van der Waals surface area contributed by atoms with Crippen LogP contribution in [-0.2, 0) is 9.59 Å². The number of carbonyl (C=O) groups is 2. The van der Waals surface area contributed by atoms with Crippen molar-refractivity contribution in [1.82, 2.24) is 14.7 Å². The molecule has 7 heteroatoms. The maximum atomic E-state index is 12.7. The first-order valence-electron chi connectivity index (χ1n) is 11.7. The molecular formula is C25H32N4O3. The molecule has 0 saturated carbocycles. The van der Waals surface area contributed by atoms with Crippen molar-refractivity contribution >= 4 is 17.6 Å². The highest BCUT2D eigenvalue weighted by atomic mass is 16.5. The maximum absolute atomic E-state index is 12.7. The van der Waals surface area contributed by atoms with Crippen LogP contribution in [0.1, 0.15) is 57.4 Å². The number of nitrogens with one attached hydrogen (secondary N) is 1. The first-order chi connectivity index (χ1) is 15.7. The van der Waals surface area contributed by atoms with Crippen molar-refractivity contribution in [2.75, 3.05) is 25.0 Å². The van der Waals surface area contributed by atoms with Crippen molar-refractivity contribution in [1.29, 1.82) is 0 Å². The van der Waals surface area contributed by atoms with Crippen LogP contribution in [0.4, 0.5) is 5.82 Å². The molecule has 1 N–H and O–H groups in total. The summed E-state index contributed by atoms with van der Waals surface area (Å²) in [5.41, 5.74) is 1.30. The molecular weight excluding hydrogens is 404 g/mol. The summed E-state index contributed by atoms with van der Waals surface area (Å²) in [4.78, 5) is 27.0. The molecule has 0 bridgehead atoms. The number of piperidine rings is 1. The van der Waals surface area contributed by atoms with Gasteiger partial charge in [-0.05, 0) is 50.7 Å². The van der Waals surface area contributed by atoms with E-state index in [1.807, 2.05) is 46.0 Å². The fourth-order valence-electron chi connectivity index (χ4n) is 4.42. The van der Waals surface area contributed by atoms with E-state index in [2.05, 4.69) is 16.5 Å². The number of para-hydroxylation sites is 1. The summed E-state index contributed by atoms with van der Waals surface area (Å²) in [6, 6.07) is 11.5. The predicted molar refractivity (Wildman–Crippen MR) is 123 cm³/mol. The average molecular weight is 437 g/mol. The second kappa shape index (κ2) is 11.0. The van der Waals surface area contributed by atoms with Crippen molar-refractivity contribution in [3.8, 4) is 5.75 Å². The van der Waals surface area contributed by atoms with Gasteiger partial charge < -0.3 is 15.0 Å². The zero-order chi connectivity index (χ0) is 22.2. The van der Waals surface area contributed by atoms with Gasteiger partial charge in [0.05, 0.1) is 25.3 Å². The molecule has 2 aromatic rings. The molecule has 1 fully saturated rings. The molecule has 0 atom stereocenters. The number of nitrogens with zero attached hydrogens (tertiary/aromatic N) is 3. The minimum absolute atomic E-state index is 0.101. The fraction of sp³-hybridized carbons (Fsp3) is 0.480. The molecule has 2 heterocycles. The largest absolute Gasteiger partial charge is 0.493 e. The number of carbonyl (C=O) groups excluding carboxylic acids is 2. The van der Waals surface area contributed by atoms with Gasteiger partial charge in [0.15, 0.2) is 0 Å². The van der Waals surface area contributed by atoms with Gasteiger partial charge in [0, 0.05) is 25.6 Å². The Hall–Kier alpha value is -3.09. The summed E-state index contributed by atoms with van der Waals surface area (Å²) >= 11 is 0. The van der Waals surface area contributed by atoms with Gasteiger partial charge in [-0.3, -0.25) is 9.59 Å². The Morgan fingerprint density at radius 3 is 2.66 bits per heavy atom. The molecule has 1 aromatic heterocycles. The number of allylic oxidation sites excluding steroid dienone is 1.